The van der Waals surface area contributed by atoms with E-state index in [0.717, 1.165) is 31.0 Å². The molecule has 2 aromatic carbocycles. The first-order valence-corrected chi connectivity index (χ1v) is 12.7. The second-order valence-corrected chi connectivity index (χ2v) is 9.37. The van der Waals surface area contributed by atoms with E-state index < -0.39 is 0 Å². The van der Waals surface area contributed by atoms with Crippen LogP contribution in [0.2, 0.25) is 0 Å². The zero-order valence-corrected chi connectivity index (χ0v) is 19.6. The fraction of sp³-hybridized carbons (Fsp3) is 0.364. The molecule has 8 nitrogen and oxygen atoms in total. The van der Waals surface area contributed by atoms with Crippen LogP contribution in [0.15, 0.2) is 53.7 Å². The van der Waals surface area contributed by atoms with Gasteiger partial charge >= 0.3 is 0 Å². The number of anilines is 1. The van der Waals surface area contributed by atoms with Crippen LogP contribution in [0.5, 0.6) is 5.75 Å². The van der Waals surface area contributed by atoms with Crippen LogP contribution in [0, 0.1) is 0 Å². The molecule has 0 spiro atoms. The number of rotatable bonds is 9. The monoisotopic (exact) mass is 470 g/mol. The Hall–Kier alpha value is -2.56. The molecule has 32 heavy (non-hydrogen) atoms. The van der Waals surface area contributed by atoms with Crippen LogP contribution in [0.1, 0.15) is 12.5 Å². The molecule has 1 saturated heterocycles. The van der Waals surface area contributed by atoms with Gasteiger partial charge in [0.2, 0.25) is 11.1 Å². The lowest BCUT2D eigenvalue weighted by atomic mass is 10.2. The Morgan fingerprint density at radius 3 is 2.88 bits per heavy atom. The number of para-hydroxylation sites is 2. The molecule has 3 aromatic rings. The van der Waals surface area contributed by atoms with Crippen molar-refractivity contribution in [2.24, 2.45) is 0 Å². The molecular weight excluding hydrogens is 444 g/mol. The predicted octanol–water partition coefficient (Wildman–Crippen LogP) is 3.34. The fourth-order valence-corrected chi connectivity index (χ4v) is 5.08. The van der Waals surface area contributed by atoms with Crippen molar-refractivity contribution in [3.63, 3.8) is 0 Å². The van der Waals surface area contributed by atoms with E-state index in [1.165, 1.54) is 28.8 Å². The van der Waals surface area contributed by atoms with E-state index in [4.69, 9.17) is 4.74 Å². The largest absolute Gasteiger partial charge is 0.492 e. The molecule has 4 rings (SSSR count). The minimum absolute atomic E-state index is 0.103. The number of carbonyl (C=O) groups excluding carboxylic acids is 1. The minimum Gasteiger partial charge on any atom is -0.492 e. The summed E-state index contributed by atoms with van der Waals surface area (Å²) in [6.07, 6.45) is 0. The fourth-order valence-electron chi connectivity index (χ4n) is 3.42. The Kier molecular flexibility index (Phi) is 8.02. The van der Waals surface area contributed by atoms with E-state index in [1.54, 1.807) is 4.68 Å². The first kappa shape index (κ1) is 22.6. The Morgan fingerprint density at radius 2 is 2.03 bits per heavy atom. The number of nitrogens with one attached hydrogen (secondary N) is 1. The van der Waals surface area contributed by atoms with Crippen molar-refractivity contribution in [2.45, 2.75) is 18.6 Å². The maximum Gasteiger partial charge on any atom is 0.234 e. The Bertz CT molecular complexity index is 1040. The Balaban J connectivity index is 1.35. The summed E-state index contributed by atoms with van der Waals surface area (Å²) >= 11 is 3.29. The van der Waals surface area contributed by atoms with Gasteiger partial charge in [0.15, 0.2) is 0 Å². The van der Waals surface area contributed by atoms with Gasteiger partial charge in [0.05, 0.1) is 12.4 Å². The van der Waals surface area contributed by atoms with Crippen LogP contribution in [0.25, 0.3) is 5.69 Å². The van der Waals surface area contributed by atoms with Gasteiger partial charge in [-0.25, -0.2) is 0 Å². The topological polar surface area (TPSA) is 85.2 Å². The minimum atomic E-state index is -0.103. The molecule has 0 atom stereocenters. The molecule has 1 fully saturated rings. The van der Waals surface area contributed by atoms with Gasteiger partial charge in [0.1, 0.15) is 11.4 Å². The number of benzene rings is 2. The molecule has 0 radical (unpaired) electrons. The highest BCUT2D eigenvalue weighted by Gasteiger charge is 2.15. The first-order chi connectivity index (χ1) is 15.7. The van der Waals surface area contributed by atoms with Crippen LogP contribution in [0.4, 0.5) is 5.69 Å². The zero-order valence-electron chi connectivity index (χ0n) is 17.9. The highest BCUT2D eigenvalue weighted by Crippen LogP contribution is 2.26. The van der Waals surface area contributed by atoms with Crippen molar-refractivity contribution in [1.29, 1.82) is 0 Å². The van der Waals surface area contributed by atoms with Crippen LogP contribution in [0.3, 0.4) is 0 Å². The van der Waals surface area contributed by atoms with Crippen molar-refractivity contribution in [2.75, 3.05) is 42.3 Å². The second-order valence-electron chi connectivity index (χ2n) is 7.20. The molecule has 168 valence electrons. The van der Waals surface area contributed by atoms with Crippen LogP contribution in [-0.2, 0) is 11.3 Å². The predicted molar refractivity (Wildman–Crippen MR) is 129 cm³/mol. The lowest BCUT2D eigenvalue weighted by Gasteiger charge is -2.26. The van der Waals surface area contributed by atoms with Gasteiger partial charge in [-0.1, -0.05) is 36.0 Å². The molecule has 0 saturated carbocycles. The van der Waals surface area contributed by atoms with Gasteiger partial charge in [0.25, 0.3) is 0 Å². The third-order valence-electron chi connectivity index (χ3n) is 4.89. The quantitative estimate of drug-likeness (QED) is 0.477. The van der Waals surface area contributed by atoms with E-state index >= 15 is 0 Å². The summed E-state index contributed by atoms with van der Waals surface area (Å²) in [5.41, 5.74) is 2.76. The summed E-state index contributed by atoms with van der Waals surface area (Å²) in [5, 5.41) is 15.4. The summed E-state index contributed by atoms with van der Waals surface area (Å²) < 4.78 is 7.27. The van der Waals surface area contributed by atoms with Gasteiger partial charge in [0, 0.05) is 36.8 Å². The normalized spacial score (nSPS) is 14.3. The highest BCUT2D eigenvalue weighted by molar-refractivity contribution is 7.99. The standard InChI is InChI=1S/C22H26N6O2S2/c1-2-30-20-9-4-3-8-19(20)28-22(24-25-26-28)32-16-21(29)23-18-7-5-6-17(14-18)15-27-10-12-31-13-11-27/h3-9,14H,2,10-13,15-16H2,1H3,(H,23,29). The van der Waals surface area contributed by atoms with Gasteiger partial charge < -0.3 is 10.1 Å². The number of amides is 1. The molecule has 1 aromatic heterocycles. The van der Waals surface area contributed by atoms with Crippen molar-refractivity contribution in [3.8, 4) is 11.4 Å². The second kappa shape index (κ2) is 11.3. The third-order valence-corrected chi connectivity index (χ3v) is 6.75. The molecule has 0 aliphatic carbocycles. The summed E-state index contributed by atoms with van der Waals surface area (Å²) in [6.45, 7) is 5.60. The number of ether oxygens (including phenoxy) is 1. The van der Waals surface area contributed by atoms with Gasteiger partial charge in [-0.3, -0.25) is 9.69 Å². The lowest BCUT2D eigenvalue weighted by molar-refractivity contribution is -0.113. The first-order valence-electron chi connectivity index (χ1n) is 10.5. The zero-order chi connectivity index (χ0) is 22.2. The average molecular weight is 471 g/mol. The molecule has 0 bridgehead atoms. The van der Waals surface area contributed by atoms with Crippen molar-refractivity contribution < 1.29 is 9.53 Å². The van der Waals surface area contributed by atoms with Crippen LogP contribution >= 0.6 is 23.5 Å². The van der Waals surface area contributed by atoms with Crippen LogP contribution < -0.4 is 10.1 Å². The average Bonchev–Trinajstić information content (AvgIpc) is 3.28. The van der Waals surface area contributed by atoms with E-state index in [9.17, 15) is 4.79 Å². The van der Waals surface area contributed by atoms with Crippen molar-refractivity contribution in [3.05, 3.63) is 54.1 Å². The maximum absolute atomic E-state index is 12.6. The van der Waals surface area contributed by atoms with E-state index in [2.05, 4.69) is 31.8 Å². The number of hydrogen-bond donors (Lipinski definition) is 1. The van der Waals surface area contributed by atoms with E-state index in [-0.39, 0.29) is 11.7 Å². The number of carbonyl (C=O) groups is 1. The number of nitrogens with zero attached hydrogens (tertiary/aromatic N) is 5. The van der Waals surface area contributed by atoms with Gasteiger partial charge in [-0.05, 0) is 47.2 Å². The number of thioether (sulfide) groups is 2. The molecule has 10 heteroatoms. The SMILES string of the molecule is CCOc1ccccc1-n1nnnc1SCC(=O)Nc1cccc(CN2CCSCC2)c1. The smallest absolute Gasteiger partial charge is 0.234 e. The van der Waals surface area contributed by atoms with E-state index in [0.29, 0.717) is 17.5 Å². The third kappa shape index (κ3) is 6.02. The molecule has 1 N–H and O–H groups in total. The number of aromatic nitrogens is 4. The summed E-state index contributed by atoms with van der Waals surface area (Å²) in [6, 6.07) is 15.6. The Morgan fingerprint density at radius 1 is 1.19 bits per heavy atom. The molecule has 1 aliphatic heterocycles. The van der Waals surface area contributed by atoms with Crippen LogP contribution in [-0.4, -0.2) is 68.0 Å². The van der Waals surface area contributed by atoms with Crippen molar-refractivity contribution >= 4 is 35.1 Å². The van der Waals surface area contributed by atoms with Gasteiger partial charge in [-0.2, -0.15) is 16.4 Å². The van der Waals surface area contributed by atoms with Crippen molar-refractivity contribution in [1.82, 2.24) is 25.1 Å². The number of tetrazole rings is 1. The molecule has 2 heterocycles. The van der Waals surface area contributed by atoms with E-state index in [1.807, 2.05) is 61.2 Å². The molecule has 0 unspecified atom stereocenters. The number of hydrogen-bond acceptors (Lipinski definition) is 8. The Labute approximate surface area is 196 Å². The molecular formula is C22H26N6O2S2. The maximum atomic E-state index is 12.6. The molecule has 1 aliphatic rings. The lowest BCUT2D eigenvalue weighted by Crippen LogP contribution is -2.31. The van der Waals surface area contributed by atoms with Gasteiger partial charge in [-0.15, -0.1) is 5.10 Å². The summed E-state index contributed by atoms with van der Waals surface area (Å²) in [7, 11) is 0. The highest BCUT2D eigenvalue weighted by atomic mass is 32.2. The summed E-state index contributed by atoms with van der Waals surface area (Å²) in [5.74, 6) is 3.15. The molecule has 1 amide bonds. The summed E-state index contributed by atoms with van der Waals surface area (Å²) in [4.78, 5) is 15.0.